The molecule has 0 bridgehead atoms. The van der Waals surface area contributed by atoms with E-state index in [0.717, 1.165) is 18.4 Å². The lowest BCUT2D eigenvalue weighted by atomic mass is 10.0. The molecule has 2 rings (SSSR count). The maximum Gasteiger partial charge on any atom is 0.225 e. The molecule has 1 aromatic carbocycles. The van der Waals surface area contributed by atoms with Gasteiger partial charge in [0.1, 0.15) is 5.82 Å². The summed E-state index contributed by atoms with van der Waals surface area (Å²) in [5.41, 5.74) is 0.992. The number of nitrogens with zero attached hydrogens (tertiary/aromatic N) is 1. The van der Waals surface area contributed by atoms with Crippen molar-refractivity contribution >= 4 is 11.8 Å². The van der Waals surface area contributed by atoms with Crippen LogP contribution in [0.4, 0.5) is 4.39 Å². The van der Waals surface area contributed by atoms with Crippen LogP contribution in [-0.2, 0) is 16.0 Å². The van der Waals surface area contributed by atoms with Gasteiger partial charge in [0.05, 0.1) is 5.92 Å². The summed E-state index contributed by atoms with van der Waals surface area (Å²) in [5, 5.41) is 3.06. The molecule has 4 nitrogen and oxygen atoms in total. The fourth-order valence-electron chi connectivity index (χ4n) is 3.34. The topological polar surface area (TPSA) is 49.4 Å². The van der Waals surface area contributed by atoms with Crippen LogP contribution in [0, 0.1) is 17.7 Å². The molecule has 0 saturated carbocycles. The zero-order chi connectivity index (χ0) is 19.1. The summed E-state index contributed by atoms with van der Waals surface area (Å²) in [6.45, 7) is 7.48. The molecule has 1 N–H and O–H groups in total. The van der Waals surface area contributed by atoms with Crippen LogP contribution >= 0.6 is 0 Å². The molecule has 1 fully saturated rings. The molecule has 0 spiro atoms. The van der Waals surface area contributed by atoms with Gasteiger partial charge >= 0.3 is 0 Å². The molecule has 1 aromatic rings. The summed E-state index contributed by atoms with van der Waals surface area (Å²) < 4.78 is 12.9. The minimum absolute atomic E-state index is 0.0142. The maximum absolute atomic E-state index is 12.9. The van der Waals surface area contributed by atoms with E-state index in [9.17, 15) is 14.0 Å². The van der Waals surface area contributed by atoms with Crippen LogP contribution in [0.3, 0.4) is 0 Å². The summed E-state index contributed by atoms with van der Waals surface area (Å²) in [7, 11) is 0. The highest BCUT2D eigenvalue weighted by Gasteiger charge is 2.34. The summed E-state index contributed by atoms with van der Waals surface area (Å²) in [6, 6.07) is 6.47. The van der Waals surface area contributed by atoms with Crippen LogP contribution in [0.2, 0.25) is 0 Å². The quantitative estimate of drug-likeness (QED) is 0.730. The van der Waals surface area contributed by atoms with E-state index >= 15 is 0 Å². The van der Waals surface area contributed by atoms with Crippen molar-refractivity contribution in [1.82, 2.24) is 10.2 Å². The van der Waals surface area contributed by atoms with Crippen LogP contribution in [0.25, 0.3) is 0 Å². The number of hydrogen-bond donors (Lipinski definition) is 1. The third-order valence-electron chi connectivity index (χ3n) is 4.98. The van der Waals surface area contributed by atoms with Gasteiger partial charge in [0.15, 0.2) is 0 Å². The second kappa shape index (κ2) is 9.70. The van der Waals surface area contributed by atoms with Crippen molar-refractivity contribution in [2.24, 2.45) is 11.8 Å². The highest BCUT2D eigenvalue weighted by Crippen LogP contribution is 2.19. The Kier molecular flexibility index (Phi) is 7.61. The number of halogens is 1. The number of nitrogens with one attached hydrogen (secondary N) is 1. The SMILES string of the molecule is CC(C)CCC[C@H](C)NC(=O)[C@@H]1CC(=O)N(CCc2ccc(F)cc2)C1. The van der Waals surface area contributed by atoms with Gasteiger partial charge in [0.25, 0.3) is 0 Å². The summed E-state index contributed by atoms with van der Waals surface area (Å²) in [6.07, 6.45) is 4.20. The number of hydrogen-bond acceptors (Lipinski definition) is 2. The zero-order valence-corrected chi connectivity index (χ0v) is 16.1. The van der Waals surface area contributed by atoms with Crippen LogP contribution < -0.4 is 5.32 Å². The van der Waals surface area contributed by atoms with E-state index in [0.29, 0.717) is 25.4 Å². The van der Waals surface area contributed by atoms with Crippen LogP contribution in [0.5, 0.6) is 0 Å². The van der Waals surface area contributed by atoms with Crippen molar-refractivity contribution < 1.29 is 14.0 Å². The first-order valence-electron chi connectivity index (χ1n) is 9.67. The Bertz CT molecular complexity index is 601. The average molecular weight is 362 g/mol. The third kappa shape index (κ3) is 6.43. The Morgan fingerprint density at radius 2 is 1.92 bits per heavy atom. The molecule has 1 heterocycles. The predicted octanol–water partition coefficient (Wildman–Crippen LogP) is 3.55. The van der Waals surface area contributed by atoms with Crippen molar-refractivity contribution in [3.8, 4) is 0 Å². The molecule has 0 unspecified atom stereocenters. The smallest absolute Gasteiger partial charge is 0.225 e. The Morgan fingerprint density at radius 1 is 1.23 bits per heavy atom. The molecule has 2 atom stereocenters. The maximum atomic E-state index is 12.9. The number of rotatable bonds is 9. The Hall–Kier alpha value is -1.91. The molecule has 0 aromatic heterocycles. The second-order valence-corrected chi connectivity index (χ2v) is 7.85. The zero-order valence-electron chi connectivity index (χ0n) is 16.1. The van der Waals surface area contributed by atoms with Gasteiger partial charge in [-0.1, -0.05) is 38.8 Å². The number of benzene rings is 1. The number of carbonyl (C=O) groups is 2. The van der Waals surface area contributed by atoms with Crippen molar-refractivity contribution in [2.45, 2.75) is 58.9 Å². The van der Waals surface area contributed by atoms with Gasteiger partial charge in [-0.25, -0.2) is 4.39 Å². The molecule has 1 aliphatic heterocycles. The first-order chi connectivity index (χ1) is 12.3. The van der Waals surface area contributed by atoms with Crippen LogP contribution in [0.15, 0.2) is 24.3 Å². The Labute approximate surface area is 156 Å². The first-order valence-corrected chi connectivity index (χ1v) is 9.67. The Morgan fingerprint density at radius 3 is 2.58 bits per heavy atom. The normalized spacial score (nSPS) is 18.4. The monoisotopic (exact) mass is 362 g/mol. The fraction of sp³-hybridized carbons (Fsp3) is 0.619. The van der Waals surface area contributed by atoms with E-state index in [4.69, 9.17) is 0 Å². The molecule has 0 aliphatic carbocycles. The van der Waals surface area contributed by atoms with Gasteiger partial charge < -0.3 is 10.2 Å². The second-order valence-electron chi connectivity index (χ2n) is 7.85. The summed E-state index contributed by atoms with van der Waals surface area (Å²) in [5.74, 6) is 0.174. The van der Waals surface area contributed by atoms with Crippen molar-refractivity contribution in [3.05, 3.63) is 35.6 Å². The molecule has 26 heavy (non-hydrogen) atoms. The lowest BCUT2D eigenvalue weighted by molar-refractivity contribution is -0.129. The standard InChI is InChI=1S/C21H31FN2O2/c1-15(2)5-4-6-16(3)23-21(26)18-13-20(25)24(14-18)12-11-17-7-9-19(22)10-8-17/h7-10,15-16,18H,4-6,11-14H2,1-3H3,(H,23,26)/t16-,18+/m0/s1. The minimum atomic E-state index is -0.261. The van der Waals surface area contributed by atoms with E-state index in [1.54, 1.807) is 17.0 Å². The van der Waals surface area contributed by atoms with E-state index in [-0.39, 0.29) is 36.0 Å². The third-order valence-corrected chi connectivity index (χ3v) is 4.98. The fourth-order valence-corrected chi connectivity index (χ4v) is 3.34. The molecular weight excluding hydrogens is 331 g/mol. The van der Waals surface area contributed by atoms with Gasteiger partial charge in [-0.05, 0) is 43.4 Å². The van der Waals surface area contributed by atoms with E-state index in [1.807, 2.05) is 6.92 Å². The molecular formula is C21H31FN2O2. The van der Waals surface area contributed by atoms with Crippen molar-refractivity contribution in [2.75, 3.05) is 13.1 Å². The van der Waals surface area contributed by atoms with E-state index in [2.05, 4.69) is 19.2 Å². The minimum Gasteiger partial charge on any atom is -0.353 e. The number of amides is 2. The summed E-state index contributed by atoms with van der Waals surface area (Å²) in [4.78, 5) is 26.4. The van der Waals surface area contributed by atoms with Crippen LogP contribution in [0.1, 0.15) is 52.0 Å². The molecule has 1 saturated heterocycles. The first kappa shape index (κ1) is 20.4. The molecule has 0 radical (unpaired) electrons. The van der Waals surface area contributed by atoms with Crippen molar-refractivity contribution in [3.63, 3.8) is 0 Å². The molecule has 5 heteroatoms. The van der Waals surface area contributed by atoms with E-state index in [1.165, 1.54) is 18.6 Å². The van der Waals surface area contributed by atoms with Gasteiger partial charge in [0, 0.05) is 25.6 Å². The highest BCUT2D eigenvalue weighted by atomic mass is 19.1. The van der Waals surface area contributed by atoms with Gasteiger partial charge in [-0.3, -0.25) is 9.59 Å². The van der Waals surface area contributed by atoms with E-state index < -0.39 is 0 Å². The largest absolute Gasteiger partial charge is 0.353 e. The van der Waals surface area contributed by atoms with Gasteiger partial charge in [-0.2, -0.15) is 0 Å². The predicted molar refractivity (Wildman–Crippen MR) is 101 cm³/mol. The lowest BCUT2D eigenvalue weighted by Crippen LogP contribution is -2.38. The highest BCUT2D eigenvalue weighted by molar-refractivity contribution is 5.89. The molecule has 144 valence electrons. The molecule has 1 aliphatic rings. The Balaban J connectivity index is 1.75. The van der Waals surface area contributed by atoms with Crippen molar-refractivity contribution in [1.29, 1.82) is 0 Å². The van der Waals surface area contributed by atoms with Gasteiger partial charge in [-0.15, -0.1) is 0 Å². The average Bonchev–Trinajstić information content (AvgIpc) is 2.95. The summed E-state index contributed by atoms with van der Waals surface area (Å²) >= 11 is 0. The number of carbonyl (C=O) groups excluding carboxylic acids is 2. The lowest BCUT2D eigenvalue weighted by Gasteiger charge is -2.19. The molecule has 2 amide bonds. The number of likely N-dealkylation sites (tertiary alicyclic amines) is 1. The van der Waals surface area contributed by atoms with Crippen LogP contribution in [-0.4, -0.2) is 35.8 Å². The van der Waals surface area contributed by atoms with Gasteiger partial charge in [0.2, 0.25) is 11.8 Å².